The van der Waals surface area contributed by atoms with E-state index in [2.05, 4.69) is 41.3 Å². The van der Waals surface area contributed by atoms with Crippen molar-refractivity contribution in [3.63, 3.8) is 0 Å². The summed E-state index contributed by atoms with van der Waals surface area (Å²) in [5, 5.41) is 5.57. The Bertz CT molecular complexity index is 922. The molecule has 0 aliphatic heterocycles. The van der Waals surface area contributed by atoms with Crippen LogP contribution in [0.3, 0.4) is 0 Å². The third-order valence-electron chi connectivity index (χ3n) is 4.51. The summed E-state index contributed by atoms with van der Waals surface area (Å²) in [5.74, 6) is 0.637. The largest absolute Gasteiger partial charge is 0.497 e. The normalized spacial score (nSPS) is 10.9. The van der Waals surface area contributed by atoms with E-state index in [1.54, 1.807) is 12.5 Å². The van der Waals surface area contributed by atoms with E-state index in [1.165, 1.54) is 16.9 Å². The van der Waals surface area contributed by atoms with Gasteiger partial charge in [-0.3, -0.25) is 4.79 Å². The Hall–Kier alpha value is -2.70. The van der Waals surface area contributed by atoms with E-state index >= 15 is 0 Å². The molecule has 0 bridgehead atoms. The van der Waals surface area contributed by atoms with E-state index in [-0.39, 0.29) is 5.91 Å². The van der Waals surface area contributed by atoms with Crippen molar-refractivity contribution in [1.82, 2.24) is 15.2 Å². The van der Waals surface area contributed by atoms with Crippen LogP contribution < -0.4 is 10.1 Å². The van der Waals surface area contributed by atoms with Crippen LogP contribution in [0.15, 0.2) is 53.9 Å². The highest BCUT2D eigenvalue weighted by molar-refractivity contribution is 7.13. The third kappa shape index (κ3) is 5.18. The molecule has 1 N–H and O–H groups in total. The maximum absolute atomic E-state index is 12.5. The number of carbonyl (C=O) groups excluding carboxylic acids is 1. The molecule has 6 heteroatoms. The van der Waals surface area contributed by atoms with Crippen LogP contribution in [0.25, 0.3) is 10.6 Å². The van der Waals surface area contributed by atoms with Crippen molar-refractivity contribution in [2.45, 2.75) is 20.0 Å². The first-order chi connectivity index (χ1) is 13.6. The molecule has 0 unspecified atom stereocenters. The predicted octanol–water partition coefficient (Wildman–Crippen LogP) is 4.20. The van der Waals surface area contributed by atoms with E-state index in [0.717, 1.165) is 35.0 Å². The summed E-state index contributed by atoms with van der Waals surface area (Å²) < 4.78 is 5.17. The third-order valence-corrected chi connectivity index (χ3v) is 5.40. The minimum Gasteiger partial charge on any atom is -0.497 e. The lowest BCUT2D eigenvalue weighted by molar-refractivity contribution is 0.0946. The molecule has 0 saturated heterocycles. The summed E-state index contributed by atoms with van der Waals surface area (Å²) >= 11 is 1.46. The number of thiazole rings is 1. The number of hydrogen-bond acceptors (Lipinski definition) is 5. The zero-order valence-electron chi connectivity index (χ0n) is 16.4. The molecule has 1 aromatic heterocycles. The van der Waals surface area contributed by atoms with Gasteiger partial charge in [0.15, 0.2) is 0 Å². The van der Waals surface area contributed by atoms with Crippen molar-refractivity contribution in [2.75, 3.05) is 20.7 Å². The number of nitrogens with one attached hydrogen (secondary N) is 1. The summed E-state index contributed by atoms with van der Waals surface area (Å²) in [6.45, 7) is 4.52. The molecule has 0 radical (unpaired) electrons. The van der Waals surface area contributed by atoms with Crippen LogP contribution in [0, 0.1) is 0 Å². The molecule has 0 atom stereocenters. The zero-order chi connectivity index (χ0) is 19.9. The fourth-order valence-corrected chi connectivity index (χ4v) is 3.58. The van der Waals surface area contributed by atoms with Crippen LogP contribution in [-0.2, 0) is 13.1 Å². The van der Waals surface area contributed by atoms with Crippen LogP contribution in [0.2, 0.25) is 0 Å². The highest BCUT2D eigenvalue weighted by Crippen LogP contribution is 2.25. The maximum atomic E-state index is 12.5. The average molecular weight is 396 g/mol. The fourth-order valence-electron chi connectivity index (χ4n) is 2.78. The van der Waals surface area contributed by atoms with Crippen LogP contribution in [-0.4, -0.2) is 36.5 Å². The second-order valence-electron chi connectivity index (χ2n) is 6.60. The van der Waals surface area contributed by atoms with Crippen LogP contribution in [0.5, 0.6) is 5.75 Å². The molecule has 0 saturated carbocycles. The number of aromatic nitrogens is 1. The monoisotopic (exact) mass is 395 g/mol. The Morgan fingerprint density at radius 1 is 1.18 bits per heavy atom. The number of benzene rings is 2. The van der Waals surface area contributed by atoms with Gasteiger partial charge in [-0.25, -0.2) is 4.98 Å². The summed E-state index contributed by atoms with van der Waals surface area (Å²) in [6, 6.07) is 16.0. The van der Waals surface area contributed by atoms with E-state index in [1.807, 2.05) is 36.4 Å². The molecule has 3 rings (SSSR count). The molecule has 0 aliphatic carbocycles. The minimum atomic E-state index is -0.160. The smallest absolute Gasteiger partial charge is 0.271 e. The van der Waals surface area contributed by atoms with Crippen molar-refractivity contribution in [1.29, 1.82) is 0 Å². The van der Waals surface area contributed by atoms with E-state index in [4.69, 9.17) is 4.74 Å². The van der Waals surface area contributed by atoms with Gasteiger partial charge in [-0.2, -0.15) is 0 Å². The standard InChI is InChI=1S/C22H25N3O2S/c1-4-25(2)14-17-7-5-6-16(12-17)13-23-21(26)20-15-28-22(24-20)18-8-10-19(27-3)11-9-18/h5-12,15H,4,13-14H2,1-3H3,(H,23,26). The Morgan fingerprint density at radius 2 is 1.93 bits per heavy atom. The molecule has 0 aliphatic rings. The average Bonchev–Trinajstić information content (AvgIpc) is 3.22. The highest BCUT2D eigenvalue weighted by Gasteiger charge is 2.12. The number of carbonyl (C=O) groups is 1. The molecular weight excluding hydrogens is 370 g/mol. The molecule has 3 aromatic rings. The lowest BCUT2D eigenvalue weighted by atomic mass is 10.1. The molecule has 5 nitrogen and oxygen atoms in total. The van der Waals surface area contributed by atoms with Gasteiger partial charge in [0, 0.05) is 24.0 Å². The molecule has 28 heavy (non-hydrogen) atoms. The van der Waals surface area contributed by atoms with Gasteiger partial charge in [-0.1, -0.05) is 31.2 Å². The van der Waals surface area contributed by atoms with Gasteiger partial charge in [0.25, 0.3) is 5.91 Å². The quantitative estimate of drug-likeness (QED) is 0.621. The van der Waals surface area contributed by atoms with E-state index in [0.29, 0.717) is 12.2 Å². The van der Waals surface area contributed by atoms with Crippen molar-refractivity contribution >= 4 is 17.2 Å². The molecule has 2 aromatic carbocycles. The molecular formula is C22H25N3O2S. The Kier molecular flexibility index (Phi) is 6.79. The van der Waals surface area contributed by atoms with Gasteiger partial charge in [0.2, 0.25) is 0 Å². The number of nitrogens with zero attached hydrogens (tertiary/aromatic N) is 2. The van der Waals surface area contributed by atoms with Crippen molar-refractivity contribution < 1.29 is 9.53 Å². The van der Waals surface area contributed by atoms with Gasteiger partial charge in [0.1, 0.15) is 16.5 Å². The van der Waals surface area contributed by atoms with Gasteiger partial charge in [-0.05, 0) is 49.0 Å². The van der Waals surface area contributed by atoms with Crippen molar-refractivity contribution in [3.05, 3.63) is 70.7 Å². The number of amides is 1. The summed E-state index contributed by atoms with van der Waals surface area (Å²) in [4.78, 5) is 19.2. The number of rotatable bonds is 8. The Balaban J connectivity index is 1.61. The summed E-state index contributed by atoms with van der Waals surface area (Å²) in [6.07, 6.45) is 0. The van der Waals surface area contributed by atoms with Gasteiger partial charge >= 0.3 is 0 Å². The minimum absolute atomic E-state index is 0.160. The maximum Gasteiger partial charge on any atom is 0.271 e. The lowest BCUT2D eigenvalue weighted by Gasteiger charge is -2.14. The molecule has 146 valence electrons. The number of ether oxygens (including phenoxy) is 1. The highest BCUT2D eigenvalue weighted by atomic mass is 32.1. The summed E-state index contributed by atoms with van der Waals surface area (Å²) in [7, 11) is 3.73. The first-order valence-corrected chi connectivity index (χ1v) is 10.1. The van der Waals surface area contributed by atoms with Crippen LogP contribution >= 0.6 is 11.3 Å². The molecule has 1 amide bonds. The van der Waals surface area contributed by atoms with Crippen molar-refractivity contribution in [2.24, 2.45) is 0 Å². The number of methoxy groups -OCH3 is 1. The topological polar surface area (TPSA) is 54.5 Å². The van der Waals surface area contributed by atoms with Gasteiger partial charge in [0.05, 0.1) is 7.11 Å². The van der Waals surface area contributed by atoms with Crippen LogP contribution in [0.4, 0.5) is 0 Å². The second kappa shape index (κ2) is 9.48. The van der Waals surface area contributed by atoms with Gasteiger partial charge < -0.3 is 15.0 Å². The SMILES string of the molecule is CCN(C)Cc1cccc(CNC(=O)c2csc(-c3ccc(OC)cc3)n2)c1. The summed E-state index contributed by atoms with van der Waals surface area (Å²) in [5.41, 5.74) is 3.74. The fraction of sp³-hybridized carbons (Fsp3) is 0.273. The Morgan fingerprint density at radius 3 is 2.64 bits per heavy atom. The zero-order valence-corrected chi connectivity index (χ0v) is 17.3. The van der Waals surface area contributed by atoms with Crippen LogP contribution in [0.1, 0.15) is 28.5 Å². The number of hydrogen-bond donors (Lipinski definition) is 1. The predicted molar refractivity (Wildman–Crippen MR) is 114 cm³/mol. The van der Waals surface area contributed by atoms with E-state index < -0.39 is 0 Å². The molecule has 1 heterocycles. The second-order valence-corrected chi connectivity index (χ2v) is 7.46. The first-order valence-electron chi connectivity index (χ1n) is 9.23. The van der Waals surface area contributed by atoms with Crippen molar-refractivity contribution in [3.8, 4) is 16.3 Å². The Labute approximate surface area is 170 Å². The first kappa shape index (κ1) is 20.0. The molecule has 0 spiro atoms. The lowest BCUT2D eigenvalue weighted by Crippen LogP contribution is -2.23. The van der Waals surface area contributed by atoms with E-state index in [9.17, 15) is 4.79 Å². The van der Waals surface area contributed by atoms with Gasteiger partial charge in [-0.15, -0.1) is 11.3 Å². The molecule has 0 fully saturated rings.